The quantitative estimate of drug-likeness (QED) is 0.624. The Balaban J connectivity index is 2.25. The van der Waals surface area contributed by atoms with Gasteiger partial charge in [0.1, 0.15) is 5.82 Å². The van der Waals surface area contributed by atoms with E-state index in [2.05, 4.69) is 41.9 Å². The maximum Gasteiger partial charge on any atom is 0.127 e. The molecule has 1 aliphatic carbocycles. The zero-order valence-electron chi connectivity index (χ0n) is 11.8. The highest BCUT2D eigenvalue weighted by Gasteiger charge is 2.41. The van der Waals surface area contributed by atoms with Crippen LogP contribution in [0.4, 0.5) is 0 Å². The van der Waals surface area contributed by atoms with Crippen LogP contribution in [-0.2, 0) is 6.54 Å². The van der Waals surface area contributed by atoms with Gasteiger partial charge in [0, 0.05) is 18.9 Å². The second kappa shape index (κ2) is 5.41. The lowest BCUT2D eigenvalue weighted by Gasteiger charge is -2.33. The monoisotopic (exact) mass is 250 g/mol. The van der Waals surface area contributed by atoms with Crippen molar-refractivity contribution in [3.63, 3.8) is 0 Å². The standard InChI is InChI=1S/C14H26N4/c1-4-9-18-10-8-16-13(18)12(17-15)11-6-5-7-14(11,2)3/h8,10-12,17H,4-7,9,15H2,1-3H3. The molecule has 4 nitrogen and oxygen atoms in total. The number of hydrazine groups is 1. The van der Waals surface area contributed by atoms with E-state index in [1.807, 2.05) is 6.20 Å². The topological polar surface area (TPSA) is 55.9 Å². The van der Waals surface area contributed by atoms with Gasteiger partial charge < -0.3 is 4.57 Å². The van der Waals surface area contributed by atoms with E-state index >= 15 is 0 Å². The zero-order chi connectivity index (χ0) is 13.2. The fourth-order valence-electron chi connectivity index (χ4n) is 3.37. The van der Waals surface area contributed by atoms with Crippen molar-refractivity contribution >= 4 is 0 Å². The smallest absolute Gasteiger partial charge is 0.127 e. The predicted molar refractivity (Wildman–Crippen MR) is 73.7 cm³/mol. The van der Waals surface area contributed by atoms with E-state index in [9.17, 15) is 0 Å². The highest BCUT2D eigenvalue weighted by molar-refractivity contribution is 5.05. The molecular weight excluding hydrogens is 224 g/mol. The summed E-state index contributed by atoms with van der Waals surface area (Å²) < 4.78 is 2.24. The van der Waals surface area contributed by atoms with Crippen LogP contribution < -0.4 is 11.3 Å². The van der Waals surface area contributed by atoms with Crippen LogP contribution in [0.3, 0.4) is 0 Å². The summed E-state index contributed by atoms with van der Waals surface area (Å²) in [5.41, 5.74) is 3.36. The SMILES string of the molecule is CCCn1ccnc1C(NN)C1CCCC1(C)C. The maximum atomic E-state index is 5.83. The normalized spacial score (nSPS) is 24.3. The summed E-state index contributed by atoms with van der Waals surface area (Å²) >= 11 is 0. The van der Waals surface area contributed by atoms with Crippen molar-refractivity contribution in [3.8, 4) is 0 Å². The first-order valence-corrected chi connectivity index (χ1v) is 7.07. The minimum absolute atomic E-state index is 0.170. The molecule has 2 rings (SSSR count). The molecule has 0 aliphatic heterocycles. The summed E-state index contributed by atoms with van der Waals surface area (Å²) in [5.74, 6) is 7.49. The van der Waals surface area contributed by atoms with E-state index < -0.39 is 0 Å². The molecule has 4 heteroatoms. The van der Waals surface area contributed by atoms with Gasteiger partial charge in [-0.05, 0) is 30.6 Å². The Hall–Kier alpha value is -0.870. The molecule has 0 saturated heterocycles. The molecular formula is C14H26N4. The zero-order valence-corrected chi connectivity index (χ0v) is 11.8. The van der Waals surface area contributed by atoms with Gasteiger partial charge in [0.2, 0.25) is 0 Å². The van der Waals surface area contributed by atoms with Crippen molar-refractivity contribution in [2.24, 2.45) is 17.2 Å². The van der Waals surface area contributed by atoms with Gasteiger partial charge in [-0.3, -0.25) is 5.84 Å². The summed E-state index contributed by atoms with van der Waals surface area (Å²) in [7, 11) is 0. The summed E-state index contributed by atoms with van der Waals surface area (Å²) in [6.07, 6.45) is 8.88. The molecule has 2 unspecified atom stereocenters. The van der Waals surface area contributed by atoms with Crippen LogP contribution >= 0.6 is 0 Å². The van der Waals surface area contributed by atoms with Gasteiger partial charge >= 0.3 is 0 Å². The van der Waals surface area contributed by atoms with Gasteiger partial charge in [-0.2, -0.15) is 0 Å². The largest absolute Gasteiger partial charge is 0.334 e. The van der Waals surface area contributed by atoms with Crippen LogP contribution in [0, 0.1) is 11.3 Å². The average Bonchev–Trinajstić information content (AvgIpc) is 2.89. The van der Waals surface area contributed by atoms with Crippen LogP contribution in [0.2, 0.25) is 0 Å². The van der Waals surface area contributed by atoms with Gasteiger partial charge in [-0.1, -0.05) is 27.2 Å². The van der Waals surface area contributed by atoms with Crippen LogP contribution in [0.15, 0.2) is 12.4 Å². The van der Waals surface area contributed by atoms with Crippen molar-refractivity contribution < 1.29 is 0 Å². The summed E-state index contributed by atoms with van der Waals surface area (Å²) in [4.78, 5) is 4.54. The first kappa shape index (κ1) is 13.6. The van der Waals surface area contributed by atoms with Crippen LogP contribution in [-0.4, -0.2) is 9.55 Å². The van der Waals surface area contributed by atoms with E-state index in [1.54, 1.807) is 0 Å². The van der Waals surface area contributed by atoms with Gasteiger partial charge in [-0.25, -0.2) is 10.4 Å². The summed E-state index contributed by atoms with van der Waals surface area (Å²) in [5, 5.41) is 0. The lowest BCUT2D eigenvalue weighted by molar-refractivity contribution is 0.189. The Morgan fingerprint density at radius 2 is 2.39 bits per heavy atom. The minimum Gasteiger partial charge on any atom is -0.334 e. The molecule has 0 amide bonds. The molecule has 1 aliphatic rings. The second-order valence-electron chi connectivity index (χ2n) is 6.11. The Morgan fingerprint density at radius 1 is 1.61 bits per heavy atom. The van der Waals surface area contributed by atoms with E-state index in [4.69, 9.17) is 5.84 Å². The number of nitrogens with zero attached hydrogens (tertiary/aromatic N) is 2. The molecule has 102 valence electrons. The number of aromatic nitrogens is 2. The maximum absolute atomic E-state index is 5.83. The molecule has 0 aromatic carbocycles. The highest BCUT2D eigenvalue weighted by Crippen LogP contribution is 2.48. The number of imidazole rings is 1. The number of nitrogens with two attached hydrogens (primary N) is 1. The van der Waals surface area contributed by atoms with E-state index in [-0.39, 0.29) is 6.04 Å². The van der Waals surface area contributed by atoms with Crippen molar-refractivity contribution in [3.05, 3.63) is 18.2 Å². The van der Waals surface area contributed by atoms with Crippen molar-refractivity contribution in [2.75, 3.05) is 0 Å². The molecule has 1 aromatic heterocycles. The van der Waals surface area contributed by atoms with Crippen LogP contribution in [0.25, 0.3) is 0 Å². The Morgan fingerprint density at radius 3 is 2.94 bits per heavy atom. The van der Waals surface area contributed by atoms with E-state index in [0.717, 1.165) is 18.8 Å². The average molecular weight is 250 g/mol. The van der Waals surface area contributed by atoms with Crippen LogP contribution in [0.1, 0.15) is 58.3 Å². The Kier molecular flexibility index (Phi) is 4.07. The molecule has 0 bridgehead atoms. The number of rotatable bonds is 5. The lowest BCUT2D eigenvalue weighted by atomic mass is 9.77. The molecule has 0 spiro atoms. The molecule has 3 N–H and O–H groups in total. The fraction of sp³-hybridized carbons (Fsp3) is 0.786. The third kappa shape index (κ3) is 2.45. The minimum atomic E-state index is 0.170. The number of hydrogen-bond acceptors (Lipinski definition) is 3. The van der Waals surface area contributed by atoms with Gasteiger partial charge in [0.25, 0.3) is 0 Å². The molecule has 1 aromatic rings. The molecule has 1 fully saturated rings. The highest BCUT2D eigenvalue weighted by atomic mass is 15.3. The van der Waals surface area contributed by atoms with Gasteiger partial charge in [0.05, 0.1) is 6.04 Å². The fourth-order valence-corrected chi connectivity index (χ4v) is 3.37. The molecule has 0 radical (unpaired) electrons. The first-order chi connectivity index (χ1) is 8.60. The number of hydrogen-bond donors (Lipinski definition) is 2. The van der Waals surface area contributed by atoms with E-state index in [1.165, 1.54) is 19.3 Å². The van der Waals surface area contributed by atoms with Gasteiger partial charge in [0.15, 0.2) is 0 Å². The summed E-state index contributed by atoms with van der Waals surface area (Å²) in [6, 6.07) is 0.170. The van der Waals surface area contributed by atoms with Gasteiger partial charge in [-0.15, -0.1) is 0 Å². The Labute approximate surface area is 110 Å². The van der Waals surface area contributed by atoms with Crippen molar-refractivity contribution in [1.82, 2.24) is 15.0 Å². The second-order valence-corrected chi connectivity index (χ2v) is 6.11. The summed E-state index contributed by atoms with van der Waals surface area (Å²) in [6.45, 7) is 7.90. The number of aryl methyl sites for hydroxylation is 1. The number of nitrogens with one attached hydrogen (secondary N) is 1. The molecule has 1 heterocycles. The first-order valence-electron chi connectivity index (χ1n) is 7.07. The van der Waals surface area contributed by atoms with Crippen LogP contribution in [0.5, 0.6) is 0 Å². The van der Waals surface area contributed by atoms with Crippen molar-refractivity contribution in [2.45, 2.75) is 59.0 Å². The molecule has 18 heavy (non-hydrogen) atoms. The van der Waals surface area contributed by atoms with E-state index in [0.29, 0.717) is 11.3 Å². The van der Waals surface area contributed by atoms with Crippen molar-refractivity contribution in [1.29, 1.82) is 0 Å². The predicted octanol–water partition coefficient (Wildman–Crippen LogP) is 2.62. The third-order valence-electron chi connectivity index (χ3n) is 4.41. The molecule has 2 atom stereocenters. The third-order valence-corrected chi connectivity index (χ3v) is 4.41. The molecule has 1 saturated carbocycles. The Bertz CT molecular complexity index is 383. The lowest BCUT2D eigenvalue weighted by Crippen LogP contribution is -2.39.